The summed E-state index contributed by atoms with van der Waals surface area (Å²) in [5.41, 5.74) is 1.13. The molecule has 1 aromatic carbocycles. The standard InChI is InChI=1S/C18H23F3N4S.HI/c1-4-22-17(23-10-9-16-12(2)25-13(3)26-16)24-11-14-5-7-15(8-6-14)18(19,20)21;/h5-8H,4,9-11H2,1-3H3,(H2,22,23,24);1H. The topological polar surface area (TPSA) is 49.3 Å². The van der Waals surface area contributed by atoms with Crippen LogP contribution in [0, 0.1) is 13.8 Å². The van der Waals surface area contributed by atoms with E-state index in [0.717, 1.165) is 34.8 Å². The van der Waals surface area contributed by atoms with Gasteiger partial charge in [-0.1, -0.05) is 12.1 Å². The third-order valence-corrected chi connectivity index (χ3v) is 4.82. The summed E-state index contributed by atoms with van der Waals surface area (Å²) in [6, 6.07) is 5.08. The second kappa shape index (κ2) is 10.8. The smallest absolute Gasteiger partial charge is 0.357 e. The van der Waals surface area contributed by atoms with E-state index in [-0.39, 0.29) is 24.0 Å². The van der Waals surface area contributed by atoms with Gasteiger partial charge in [-0.05, 0) is 38.5 Å². The van der Waals surface area contributed by atoms with Gasteiger partial charge < -0.3 is 10.6 Å². The quantitative estimate of drug-likeness (QED) is 0.336. The SMILES string of the molecule is CCNC(=NCc1ccc(C(F)(F)F)cc1)NCCc1sc(C)nc1C.I. The predicted molar refractivity (Wildman–Crippen MR) is 115 cm³/mol. The number of nitrogens with one attached hydrogen (secondary N) is 2. The van der Waals surface area contributed by atoms with Crippen LogP contribution in [0.25, 0.3) is 0 Å². The van der Waals surface area contributed by atoms with E-state index >= 15 is 0 Å². The zero-order valence-electron chi connectivity index (χ0n) is 15.5. The molecule has 0 aliphatic heterocycles. The first-order chi connectivity index (χ1) is 12.3. The van der Waals surface area contributed by atoms with Crippen molar-refractivity contribution in [3.8, 4) is 0 Å². The van der Waals surface area contributed by atoms with Gasteiger partial charge in [0.25, 0.3) is 0 Å². The molecule has 0 bridgehead atoms. The van der Waals surface area contributed by atoms with Crippen molar-refractivity contribution in [2.45, 2.75) is 39.9 Å². The minimum absolute atomic E-state index is 0. The maximum atomic E-state index is 12.6. The van der Waals surface area contributed by atoms with E-state index in [4.69, 9.17) is 0 Å². The minimum atomic E-state index is -4.31. The van der Waals surface area contributed by atoms with Crippen LogP contribution in [0.5, 0.6) is 0 Å². The molecule has 4 nitrogen and oxygen atoms in total. The molecule has 2 N–H and O–H groups in total. The molecule has 0 radical (unpaired) electrons. The van der Waals surface area contributed by atoms with Crippen molar-refractivity contribution in [1.82, 2.24) is 15.6 Å². The molecule has 9 heteroatoms. The number of hydrogen-bond donors (Lipinski definition) is 2. The summed E-state index contributed by atoms with van der Waals surface area (Å²) in [7, 11) is 0. The van der Waals surface area contributed by atoms with Crippen molar-refractivity contribution in [3.05, 3.63) is 51.0 Å². The van der Waals surface area contributed by atoms with Crippen molar-refractivity contribution < 1.29 is 13.2 Å². The zero-order valence-corrected chi connectivity index (χ0v) is 18.6. The maximum Gasteiger partial charge on any atom is 0.416 e. The molecular formula is C18H24F3IN4S. The van der Waals surface area contributed by atoms with E-state index < -0.39 is 11.7 Å². The molecule has 0 saturated heterocycles. The molecule has 0 saturated carbocycles. The number of aryl methyl sites for hydroxylation is 2. The van der Waals surface area contributed by atoms with Crippen molar-refractivity contribution in [2.75, 3.05) is 13.1 Å². The highest BCUT2D eigenvalue weighted by molar-refractivity contribution is 14.0. The molecule has 1 heterocycles. The fourth-order valence-electron chi connectivity index (χ4n) is 2.41. The molecule has 150 valence electrons. The molecule has 2 aromatic rings. The van der Waals surface area contributed by atoms with E-state index in [1.807, 2.05) is 20.8 Å². The number of rotatable bonds is 6. The monoisotopic (exact) mass is 512 g/mol. The number of benzene rings is 1. The van der Waals surface area contributed by atoms with Gasteiger partial charge in [0.2, 0.25) is 0 Å². The molecule has 0 aliphatic rings. The van der Waals surface area contributed by atoms with Gasteiger partial charge in [-0.25, -0.2) is 9.98 Å². The summed E-state index contributed by atoms with van der Waals surface area (Å²) < 4.78 is 37.8. The third-order valence-electron chi connectivity index (χ3n) is 3.69. The van der Waals surface area contributed by atoms with E-state index in [0.29, 0.717) is 25.6 Å². The Morgan fingerprint density at radius 2 is 1.81 bits per heavy atom. The van der Waals surface area contributed by atoms with Crippen LogP contribution in [-0.4, -0.2) is 24.0 Å². The zero-order chi connectivity index (χ0) is 19.2. The van der Waals surface area contributed by atoms with E-state index in [9.17, 15) is 13.2 Å². The summed E-state index contributed by atoms with van der Waals surface area (Å²) in [6.07, 6.45) is -3.46. The van der Waals surface area contributed by atoms with Gasteiger partial charge in [0.1, 0.15) is 0 Å². The molecule has 0 spiro atoms. The first-order valence-electron chi connectivity index (χ1n) is 8.40. The molecule has 0 atom stereocenters. The van der Waals surface area contributed by atoms with Crippen molar-refractivity contribution >= 4 is 41.3 Å². The van der Waals surface area contributed by atoms with Gasteiger partial charge in [-0.3, -0.25) is 0 Å². The lowest BCUT2D eigenvalue weighted by atomic mass is 10.1. The normalized spacial score (nSPS) is 11.9. The average Bonchev–Trinajstić information content (AvgIpc) is 2.90. The summed E-state index contributed by atoms with van der Waals surface area (Å²) in [5, 5.41) is 7.45. The van der Waals surface area contributed by atoms with Crippen LogP contribution >= 0.6 is 35.3 Å². The van der Waals surface area contributed by atoms with E-state index in [1.165, 1.54) is 17.0 Å². The fourth-order valence-corrected chi connectivity index (χ4v) is 3.35. The predicted octanol–water partition coefficient (Wildman–Crippen LogP) is 4.69. The Morgan fingerprint density at radius 3 is 2.33 bits per heavy atom. The van der Waals surface area contributed by atoms with Crippen LogP contribution in [0.1, 0.15) is 33.6 Å². The van der Waals surface area contributed by atoms with Gasteiger partial charge in [0.15, 0.2) is 5.96 Å². The molecule has 0 unspecified atom stereocenters. The molecule has 2 rings (SSSR count). The first kappa shape index (κ1) is 23.7. The van der Waals surface area contributed by atoms with Gasteiger partial charge in [0, 0.05) is 24.4 Å². The van der Waals surface area contributed by atoms with Gasteiger partial charge in [-0.15, -0.1) is 35.3 Å². The summed E-state index contributed by atoms with van der Waals surface area (Å²) in [4.78, 5) is 10.1. The number of aliphatic imine (C=N–C) groups is 1. The lowest BCUT2D eigenvalue weighted by Gasteiger charge is -2.11. The molecule has 0 fully saturated rings. The van der Waals surface area contributed by atoms with Crippen LogP contribution < -0.4 is 10.6 Å². The summed E-state index contributed by atoms with van der Waals surface area (Å²) >= 11 is 1.69. The largest absolute Gasteiger partial charge is 0.416 e. The van der Waals surface area contributed by atoms with Crippen LogP contribution in [0.15, 0.2) is 29.3 Å². The highest BCUT2D eigenvalue weighted by Crippen LogP contribution is 2.29. The number of aromatic nitrogens is 1. The van der Waals surface area contributed by atoms with Crippen LogP contribution in [0.2, 0.25) is 0 Å². The number of nitrogens with zero attached hydrogens (tertiary/aromatic N) is 2. The molecule has 0 amide bonds. The molecule has 1 aromatic heterocycles. The van der Waals surface area contributed by atoms with E-state index in [1.54, 1.807) is 11.3 Å². The summed E-state index contributed by atoms with van der Waals surface area (Å²) in [5.74, 6) is 0.645. The number of alkyl halides is 3. The molecule has 0 aliphatic carbocycles. The Bertz CT molecular complexity index is 742. The van der Waals surface area contributed by atoms with Crippen molar-refractivity contribution in [2.24, 2.45) is 4.99 Å². The van der Waals surface area contributed by atoms with E-state index in [2.05, 4.69) is 20.6 Å². The maximum absolute atomic E-state index is 12.6. The Balaban J connectivity index is 0.00000364. The fraction of sp³-hybridized carbons (Fsp3) is 0.444. The summed E-state index contributed by atoms with van der Waals surface area (Å²) in [6.45, 7) is 7.68. The Kier molecular flexibility index (Phi) is 9.51. The number of halogens is 4. The van der Waals surface area contributed by atoms with Crippen LogP contribution in [-0.2, 0) is 19.1 Å². The minimum Gasteiger partial charge on any atom is -0.357 e. The van der Waals surface area contributed by atoms with Crippen LogP contribution in [0.3, 0.4) is 0 Å². The highest BCUT2D eigenvalue weighted by Gasteiger charge is 2.29. The van der Waals surface area contributed by atoms with Crippen molar-refractivity contribution in [3.63, 3.8) is 0 Å². The molecular weight excluding hydrogens is 488 g/mol. The molecule has 27 heavy (non-hydrogen) atoms. The lowest BCUT2D eigenvalue weighted by molar-refractivity contribution is -0.137. The van der Waals surface area contributed by atoms with Crippen molar-refractivity contribution in [1.29, 1.82) is 0 Å². The highest BCUT2D eigenvalue weighted by atomic mass is 127. The number of hydrogen-bond acceptors (Lipinski definition) is 3. The lowest BCUT2D eigenvalue weighted by Crippen LogP contribution is -2.38. The second-order valence-corrected chi connectivity index (χ2v) is 7.10. The third kappa shape index (κ3) is 7.65. The second-order valence-electron chi connectivity index (χ2n) is 5.81. The Morgan fingerprint density at radius 1 is 1.15 bits per heavy atom. The Labute approximate surface area is 178 Å². The van der Waals surface area contributed by atoms with Crippen LogP contribution in [0.4, 0.5) is 13.2 Å². The Hall–Kier alpha value is -1.36. The van der Waals surface area contributed by atoms with Gasteiger partial charge in [-0.2, -0.15) is 13.2 Å². The first-order valence-corrected chi connectivity index (χ1v) is 9.22. The van der Waals surface area contributed by atoms with Gasteiger partial charge >= 0.3 is 6.18 Å². The number of thiazole rings is 1. The number of guanidine groups is 1. The van der Waals surface area contributed by atoms with Gasteiger partial charge in [0.05, 0.1) is 22.8 Å². The average molecular weight is 512 g/mol.